The number of piperidine rings is 1. The molecule has 1 aliphatic heterocycles. The quantitative estimate of drug-likeness (QED) is 0.776. The topological polar surface area (TPSA) is 70.2 Å². The lowest BCUT2D eigenvalue weighted by Gasteiger charge is -2.34. The Hall–Kier alpha value is -2.09. The molecular formula is C17H22F3N3O2. The summed E-state index contributed by atoms with van der Waals surface area (Å²) in [5, 5.41) is 8.25. The maximum Gasteiger partial charge on any atom is 0.416 e. The summed E-state index contributed by atoms with van der Waals surface area (Å²) in [4.78, 5) is 23.5. The van der Waals surface area contributed by atoms with Crippen molar-refractivity contribution in [3.05, 3.63) is 29.3 Å². The molecule has 0 saturated carbocycles. The smallest absolute Gasteiger partial charge is 0.351 e. The summed E-state index contributed by atoms with van der Waals surface area (Å²) in [6.07, 6.45) is -2.84. The highest BCUT2D eigenvalue weighted by Crippen LogP contribution is 2.32. The first-order valence-corrected chi connectivity index (χ1v) is 8.08. The third kappa shape index (κ3) is 5.45. The van der Waals surface area contributed by atoms with Gasteiger partial charge in [0.15, 0.2) is 0 Å². The molecule has 3 N–H and O–H groups in total. The Kier molecular flexibility index (Phi) is 5.72. The summed E-state index contributed by atoms with van der Waals surface area (Å²) >= 11 is 0. The number of amides is 2. The van der Waals surface area contributed by atoms with E-state index < -0.39 is 23.6 Å². The van der Waals surface area contributed by atoms with Crippen molar-refractivity contribution in [2.24, 2.45) is 5.41 Å². The first-order chi connectivity index (χ1) is 11.6. The maximum atomic E-state index is 13.0. The molecule has 1 aliphatic rings. The monoisotopic (exact) mass is 357 g/mol. The number of carbonyl (C=O) groups is 2. The molecular weight excluding hydrogens is 335 g/mol. The van der Waals surface area contributed by atoms with Gasteiger partial charge in [0.1, 0.15) is 0 Å². The molecule has 1 heterocycles. The van der Waals surface area contributed by atoms with Crippen LogP contribution in [-0.4, -0.2) is 31.4 Å². The zero-order valence-electron chi connectivity index (χ0n) is 14.2. The zero-order chi connectivity index (χ0) is 18.7. The Morgan fingerprint density at radius 3 is 2.40 bits per heavy atom. The molecule has 0 aromatic heterocycles. The van der Waals surface area contributed by atoms with Gasteiger partial charge in [-0.05, 0) is 49.5 Å². The van der Waals surface area contributed by atoms with Crippen LogP contribution in [0.5, 0.6) is 0 Å². The average molecular weight is 357 g/mol. The number of carbonyl (C=O) groups excluding carboxylic acids is 2. The fourth-order valence-electron chi connectivity index (χ4n) is 2.80. The Labute approximate surface area is 144 Å². The minimum Gasteiger partial charge on any atom is -0.351 e. The van der Waals surface area contributed by atoms with E-state index in [0.717, 1.165) is 38.1 Å². The fraction of sp³-hybridized carbons (Fsp3) is 0.529. The van der Waals surface area contributed by atoms with E-state index in [0.29, 0.717) is 6.54 Å². The number of anilines is 1. The predicted octanol–water partition coefficient (Wildman–Crippen LogP) is 2.78. The second kappa shape index (κ2) is 7.43. The van der Waals surface area contributed by atoms with Crippen LogP contribution in [-0.2, 0) is 11.0 Å². The fourth-order valence-corrected chi connectivity index (χ4v) is 2.80. The van der Waals surface area contributed by atoms with Crippen molar-refractivity contribution in [3.63, 3.8) is 0 Å². The highest BCUT2D eigenvalue weighted by atomic mass is 19.4. The van der Waals surface area contributed by atoms with Gasteiger partial charge in [-0.3, -0.25) is 9.59 Å². The van der Waals surface area contributed by atoms with Gasteiger partial charge in [-0.2, -0.15) is 13.2 Å². The Balaban J connectivity index is 2.18. The number of hydrogen-bond acceptors (Lipinski definition) is 3. The largest absolute Gasteiger partial charge is 0.416 e. The summed E-state index contributed by atoms with van der Waals surface area (Å²) in [6, 6.07) is 2.86. The molecule has 0 spiro atoms. The van der Waals surface area contributed by atoms with Gasteiger partial charge in [0, 0.05) is 24.7 Å². The van der Waals surface area contributed by atoms with Crippen LogP contribution >= 0.6 is 0 Å². The highest BCUT2D eigenvalue weighted by Gasteiger charge is 2.32. The van der Waals surface area contributed by atoms with Crippen LogP contribution in [0.15, 0.2) is 18.2 Å². The van der Waals surface area contributed by atoms with Crippen molar-refractivity contribution < 1.29 is 22.8 Å². The van der Waals surface area contributed by atoms with E-state index in [1.807, 2.05) is 6.92 Å². The molecule has 25 heavy (non-hydrogen) atoms. The molecule has 2 amide bonds. The van der Waals surface area contributed by atoms with E-state index in [9.17, 15) is 22.8 Å². The summed E-state index contributed by atoms with van der Waals surface area (Å²) in [5.74, 6) is -1.09. The molecule has 1 fully saturated rings. The number of halogens is 3. The highest BCUT2D eigenvalue weighted by molar-refractivity contribution is 5.97. The number of nitrogens with one attached hydrogen (secondary N) is 3. The van der Waals surface area contributed by atoms with E-state index in [-0.39, 0.29) is 16.7 Å². The lowest BCUT2D eigenvalue weighted by molar-refractivity contribution is -0.137. The van der Waals surface area contributed by atoms with Gasteiger partial charge in [0.05, 0.1) is 5.56 Å². The standard InChI is InChI=1S/C17H22F3N3O2/c1-11(24)23-14-8-12(7-13(9-14)17(18,19)20)15(25)22-10-16(2)3-5-21-6-4-16/h7-9,21H,3-6,10H2,1-2H3,(H,22,25)(H,23,24). The van der Waals surface area contributed by atoms with Crippen LogP contribution in [0.25, 0.3) is 0 Å². The van der Waals surface area contributed by atoms with Crippen LogP contribution in [0.4, 0.5) is 18.9 Å². The van der Waals surface area contributed by atoms with Crippen LogP contribution in [0, 0.1) is 5.41 Å². The molecule has 1 saturated heterocycles. The minimum absolute atomic E-state index is 0.0550. The minimum atomic E-state index is -4.61. The first kappa shape index (κ1) is 19.2. The third-order valence-corrected chi connectivity index (χ3v) is 4.33. The van der Waals surface area contributed by atoms with E-state index in [1.54, 1.807) is 0 Å². The lowest BCUT2D eigenvalue weighted by atomic mass is 9.81. The average Bonchev–Trinajstić information content (AvgIpc) is 2.51. The SMILES string of the molecule is CC(=O)Nc1cc(C(=O)NCC2(C)CCNCC2)cc(C(F)(F)F)c1. The molecule has 0 atom stereocenters. The molecule has 2 rings (SSSR count). The van der Waals surface area contributed by atoms with E-state index in [4.69, 9.17) is 0 Å². The van der Waals surface area contributed by atoms with Gasteiger partial charge in [0.2, 0.25) is 5.91 Å². The third-order valence-electron chi connectivity index (χ3n) is 4.33. The van der Waals surface area contributed by atoms with Crippen molar-refractivity contribution in [2.45, 2.75) is 32.9 Å². The summed E-state index contributed by atoms with van der Waals surface area (Å²) < 4.78 is 39.1. The molecule has 1 aromatic rings. The van der Waals surface area contributed by atoms with Crippen LogP contribution in [0.3, 0.4) is 0 Å². The number of hydrogen-bond donors (Lipinski definition) is 3. The van der Waals surface area contributed by atoms with Gasteiger partial charge < -0.3 is 16.0 Å². The van der Waals surface area contributed by atoms with Crippen LogP contribution in [0.2, 0.25) is 0 Å². The van der Waals surface area contributed by atoms with Crippen molar-refractivity contribution in [1.82, 2.24) is 10.6 Å². The molecule has 5 nitrogen and oxygen atoms in total. The van der Waals surface area contributed by atoms with E-state index in [2.05, 4.69) is 16.0 Å². The Morgan fingerprint density at radius 1 is 1.20 bits per heavy atom. The molecule has 0 radical (unpaired) electrons. The molecule has 0 unspecified atom stereocenters. The van der Waals surface area contributed by atoms with E-state index in [1.165, 1.54) is 13.0 Å². The number of benzene rings is 1. The normalized spacial score (nSPS) is 17.0. The zero-order valence-corrected chi connectivity index (χ0v) is 14.2. The van der Waals surface area contributed by atoms with Crippen LogP contribution in [0.1, 0.15) is 42.6 Å². The Bertz CT molecular complexity index is 653. The molecule has 138 valence electrons. The molecule has 0 bridgehead atoms. The summed E-state index contributed by atoms with van der Waals surface area (Å²) in [6.45, 7) is 5.32. The summed E-state index contributed by atoms with van der Waals surface area (Å²) in [7, 11) is 0. The molecule has 0 aliphatic carbocycles. The molecule has 1 aromatic carbocycles. The number of rotatable bonds is 4. The second-order valence-electron chi connectivity index (χ2n) is 6.72. The number of alkyl halides is 3. The van der Waals surface area contributed by atoms with Gasteiger partial charge in [-0.15, -0.1) is 0 Å². The molecule has 8 heteroatoms. The van der Waals surface area contributed by atoms with Gasteiger partial charge in [-0.1, -0.05) is 6.92 Å². The second-order valence-corrected chi connectivity index (χ2v) is 6.72. The van der Waals surface area contributed by atoms with Crippen molar-refractivity contribution in [3.8, 4) is 0 Å². The van der Waals surface area contributed by atoms with E-state index >= 15 is 0 Å². The lowest BCUT2D eigenvalue weighted by Crippen LogP contribution is -2.42. The van der Waals surface area contributed by atoms with Crippen molar-refractivity contribution >= 4 is 17.5 Å². The maximum absolute atomic E-state index is 13.0. The van der Waals surface area contributed by atoms with Gasteiger partial charge in [0.25, 0.3) is 5.91 Å². The Morgan fingerprint density at radius 2 is 1.84 bits per heavy atom. The van der Waals surface area contributed by atoms with Gasteiger partial charge in [-0.25, -0.2) is 0 Å². The summed E-state index contributed by atoms with van der Waals surface area (Å²) in [5.41, 5.74) is -1.24. The van der Waals surface area contributed by atoms with Crippen molar-refractivity contribution in [1.29, 1.82) is 0 Å². The van der Waals surface area contributed by atoms with Gasteiger partial charge >= 0.3 is 6.18 Å². The predicted molar refractivity (Wildman–Crippen MR) is 88.3 cm³/mol. The first-order valence-electron chi connectivity index (χ1n) is 8.08. The van der Waals surface area contributed by atoms with Crippen LogP contribution < -0.4 is 16.0 Å². The van der Waals surface area contributed by atoms with Crippen molar-refractivity contribution in [2.75, 3.05) is 25.0 Å².